The van der Waals surface area contributed by atoms with Gasteiger partial charge in [0, 0.05) is 37.9 Å². The first kappa shape index (κ1) is 29.8. The van der Waals surface area contributed by atoms with Crippen molar-refractivity contribution >= 4 is 27.3 Å². The maximum atomic E-state index is 14.0. The molecule has 0 atom stereocenters. The summed E-state index contributed by atoms with van der Waals surface area (Å²) in [6.07, 6.45) is 1.69. The van der Waals surface area contributed by atoms with Crippen LogP contribution in [0.1, 0.15) is 38.1 Å². The molecular formula is C31H37N5O4S. The Morgan fingerprint density at radius 2 is 1.56 bits per heavy atom. The average Bonchev–Trinajstić information content (AvgIpc) is 3.45. The number of nitrogens with one attached hydrogen (secondary N) is 1. The SMILES string of the molecule is CCN(CC)c1ccc(S(=O)(=O)N(CC)CC)cc1NC(=O)c1cn(-c2ccccc2)nc1-c1ccc(OC)cc1. The Labute approximate surface area is 242 Å². The second-order valence-corrected chi connectivity index (χ2v) is 11.2. The molecule has 9 nitrogen and oxygen atoms in total. The Morgan fingerprint density at radius 1 is 0.902 bits per heavy atom. The number of nitrogens with zero attached hydrogens (tertiary/aromatic N) is 4. The minimum absolute atomic E-state index is 0.128. The highest BCUT2D eigenvalue weighted by Gasteiger charge is 2.25. The number of carbonyl (C=O) groups excluding carboxylic acids is 1. The average molecular weight is 576 g/mol. The monoisotopic (exact) mass is 575 g/mol. The molecule has 4 aromatic rings. The molecule has 1 N–H and O–H groups in total. The first-order valence-corrected chi connectivity index (χ1v) is 15.2. The molecule has 0 aliphatic heterocycles. The third-order valence-electron chi connectivity index (χ3n) is 7.01. The molecule has 0 spiro atoms. The number of carbonyl (C=O) groups is 1. The minimum Gasteiger partial charge on any atom is -0.497 e. The van der Waals surface area contributed by atoms with E-state index in [0.29, 0.717) is 48.9 Å². The molecule has 216 valence electrons. The molecule has 0 bridgehead atoms. The number of rotatable bonds is 12. The van der Waals surface area contributed by atoms with Gasteiger partial charge in [0.15, 0.2) is 0 Å². The lowest BCUT2D eigenvalue weighted by atomic mass is 10.1. The molecule has 0 saturated heterocycles. The highest BCUT2D eigenvalue weighted by atomic mass is 32.2. The van der Waals surface area contributed by atoms with Crippen LogP contribution in [0.2, 0.25) is 0 Å². The second kappa shape index (κ2) is 13.0. The van der Waals surface area contributed by atoms with E-state index < -0.39 is 15.9 Å². The quantitative estimate of drug-likeness (QED) is 0.234. The van der Waals surface area contributed by atoms with E-state index in [1.165, 1.54) is 4.31 Å². The standard InChI is InChI=1S/C31H37N5O4S/c1-6-34(7-2)29-20-19-26(41(38,39)35(8-3)9-4)21-28(29)32-31(37)27-22-36(24-13-11-10-12-14-24)33-30(27)23-15-17-25(40-5)18-16-23/h10-22H,6-9H2,1-5H3,(H,32,37). The number of methoxy groups -OCH3 is 1. The molecule has 0 fully saturated rings. The predicted molar refractivity (Wildman–Crippen MR) is 164 cm³/mol. The molecule has 41 heavy (non-hydrogen) atoms. The summed E-state index contributed by atoms with van der Waals surface area (Å²) in [5, 5.41) is 7.78. The molecule has 0 saturated carbocycles. The molecule has 0 aliphatic rings. The fourth-order valence-electron chi connectivity index (χ4n) is 4.73. The number of anilines is 2. The molecule has 1 heterocycles. The van der Waals surface area contributed by atoms with E-state index in [9.17, 15) is 13.2 Å². The van der Waals surface area contributed by atoms with Gasteiger partial charge in [0.2, 0.25) is 10.0 Å². The predicted octanol–water partition coefficient (Wildman–Crippen LogP) is 5.68. The van der Waals surface area contributed by atoms with Gasteiger partial charge in [-0.25, -0.2) is 13.1 Å². The van der Waals surface area contributed by atoms with Gasteiger partial charge in [0.1, 0.15) is 11.4 Å². The summed E-state index contributed by atoms with van der Waals surface area (Å²) in [5.74, 6) is 0.293. The van der Waals surface area contributed by atoms with Crippen molar-refractivity contribution in [3.8, 4) is 22.7 Å². The summed E-state index contributed by atoms with van der Waals surface area (Å²) >= 11 is 0. The van der Waals surface area contributed by atoms with E-state index in [1.807, 2.05) is 68.4 Å². The van der Waals surface area contributed by atoms with Crippen LogP contribution in [0.25, 0.3) is 16.9 Å². The van der Waals surface area contributed by atoms with Gasteiger partial charge < -0.3 is 15.0 Å². The third kappa shape index (κ3) is 6.28. The fraction of sp³-hybridized carbons (Fsp3) is 0.290. The molecule has 10 heteroatoms. The van der Waals surface area contributed by atoms with E-state index in [2.05, 4.69) is 10.2 Å². The van der Waals surface area contributed by atoms with Gasteiger partial charge in [-0.3, -0.25) is 4.79 Å². The number of hydrogen-bond acceptors (Lipinski definition) is 6. The normalized spacial score (nSPS) is 11.5. The molecule has 0 radical (unpaired) electrons. The summed E-state index contributed by atoms with van der Waals surface area (Å²) in [6.45, 7) is 9.71. The molecule has 0 aliphatic carbocycles. The fourth-order valence-corrected chi connectivity index (χ4v) is 6.22. The Morgan fingerprint density at radius 3 is 2.15 bits per heavy atom. The highest BCUT2D eigenvalue weighted by Crippen LogP contribution is 2.32. The Hall–Kier alpha value is -4.15. The van der Waals surface area contributed by atoms with Crippen LogP contribution in [-0.4, -0.2) is 61.7 Å². The first-order valence-electron chi connectivity index (χ1n) is 13.8. The van der Waals surface area contributed by atoms with Gasteiger partial charge >= 0.3 is 0 Å². The van der Waals surface area contributed by atoms with Crippen molar-refractivity contribution in [2.75, 3.05) is 43.5 Å². The van der Waals surface area contributed by atoms with Crippen molar-refractivity contribution < 1.29 is 17.9 Å². The molecular weight excluding hydrogens is 538 g/mol. The van der Waals surface area contributed by atoms with Crippen molar-refractivity contribution in [2.45, 2.75) is 32.6 Å². The van der Waals surface area contributed by atoms with Gasteiger partial charge in [-0.15, -0.1) is 0 Å². The largest absolute Gasteiger partial charge is 0.497 e. The van der Waals surface area contributed by atoms with Crippen molar-refractivity contribution in [1.29, 1.82) is 0 Å². The number of aromatic nitrogens is 2. The third-order valence-corrected chi connectivity index (χ3v) is 9.05. The smallest absolute Gasteiger partial charge is 0.259 e. The Bertz CT molecular complexity index is 1580. The van der Waals surface area contributed by atoms with Crippen molar-refractivity contribution in [3.05, 3.63) is 84.6 Å². The zero-order valence-corrected chi connectivity index (χ0v) is 25.0. The molecule has 3 aromatic carbocycles. The van der Waals surface area contributed by atoms with Crippen molar-refractivity contribution in [2.24, 2.45) is 0 Å². The van der Waals surface area contributed by atoms with E-state index >= 15 is 0 Å². The summed E-state index contributed by atoms with van der Waals surface area (Å²) in [7, 11) is -2.14. The summed E-state index contributed by atoms with van der Waals surface area (Å²) < 4.78 is 35.1. The van der Waals surface area contributed by atoms with Gasteiger partial charge in [-0.2, -0.15) is 9.40 Å². The van der Waals surface area contributed by atoms with Crippen LogP contribution in [0.15, 0.2) is 83.9 Å². The lowest BCUT2D eigenvalue weighted by Gasteiger charge is -2.26. The minimum atomic E-state index is -3.73. The van der Waals surface area contributed by atoms with E-state index in [1.54, 1.807) is 50.0 Å². The number of hydrogen-bond donors (Lipinski definition) is 1. The molecule has 0 unspecified atom stereocenters. The van der Waals surface area contributed by atoms with Crippen LogP contribution in [0.3, 0.4) is 0 Å². The zero-order valence-electron chi connectivity index (χ0n) is 24.2. The van der Waals surface area contributed by atoms with Gasteiger partial charge in [-0.05, 0) is 68.4 Å². The first-order chi connectivity index (χ1) is 19.8. The Kier molecular flexibility index (Phi) is 9.46. The van der Waals surface area contributed by atoms with E-state index in [4.69, 9.17) is 9.84 Å². The van der Waals surface area contributed by atoms with Crippen LogP contribution >= 0.6 is 0 Å². The highest BCUT2D eigenvalue weighted by molar-refractivity contribution is 7.89. The van der Waals surface area contributed by atoms with Gasteiger partial charge in [-0.1, -0.05) is 32.0 Å². The van der Waals surface area contributed by atoms with Crippen LogP contribution in [0.4, 0.5) is 11.4 Å². The number of amides is 1. The van der Waals surface area contributed by atoms with Crippen LogP contribution in [-0.2, 0) is 10.0 Å². The van der Waals surface area contributed by atoms with E-state index in [0.717, 1.165) is 16.9 Å². The topological polar surface area (TPSA) is 96.8 Å². The van der Waals surface area contributed by atoms with Crippen LogP contribution < -0.4 is 15.0 Å². The van der Waals surface area contributed by atoms with Crippen molar-refractivity contribution in [1.82, 2.24) is 14.1 Å². The molecule has 1 amide bonds. The summed E-state index contributed by atoms with van der Waals surface area (Å²) in [5.41, 5.74) is 3.54. The lowest BCUT2D eigenvalue weighted by Crippen LogP contribution is -2.31. The van der Waals surface area contributed by atoms with Crippen LogP contribution in [0, 0.1) is 0 Å². The van der Waals surface area contributed by atoms with Crippen molar-refractivity contribution in [3.63, 3.8) is 0 Å². The zero-order chi connectivity index (χ0) is 29.6. The van der Waals surface area contributed by atoms with Crippen LogP contribution in [0.5, 0.6) is 5.75 Å². The second-order valence-electron chi connectivity index (χ2n) is 9.29. The number of sulfonamides is 1. The Balaban J connectivity index is 1.82. The lowest BCUT2D eigenvalue weighted by molar-refractivity contribution is 0.102. The number of para-hydroxylation sites is 1. The maximum Gasteiger partial charge on any atom is 0.259 e. The maximum absolute atomic E-state index is 14.0. The molecule has 1 aromatic heterocycles. The summed E-state index contributed by atoms with van der Waals surface area (Å²) in [4.78, 5) is 16.2. The van der Waals surface area contributed by atoms with Gasteiger partial charge in [0.25, 0.3) is 5.91 Å². The summed E-state index contributed by atoms with van der Waals surface area (Å²) in [6, 6.07) is 21.8. The molecule has 4 rings (SSSR count). The number of ether oxygens (including phenoxy) is 1. The van der Waals surface area contributed by atoms with E-state index in [-0.39, 0.29) is 4.90 Å². The van der Waals surface area contributed by atoms with Gasteiger partial charge in [0.05, 0.1) is 34.6 Å². The number of benzene rings is 3.